The van der Waals surface area contributed by atoms with E-state index in [9.17, 15) is 0 Å². The second kappa shape index (κ2) is 6.93. The maximum Gasteiger partial charge on any atom is 0.119 e. The predicted octanol–water partition coefficient (Wildman–Crippen LogP) is 4.55. The average Bonchev–Trinajstić information content (AvgIpc) is 3.21. The molecule has 3 unspecified atom stereocenters. The molecule has 2 fully saturated rings. The van der Waals surface area contributed by atoms with Gasteiger partial charge in [0.15, 0.2) is 0 Å². The molecular formula is C23H25N3O. The van der Waals surface area contributed by atoms with E-state index in [1.165, 1.54) is 19.3 Å². The van der Waals surface area contributed by atoms with E-state index in [0.717, 1.165) is 40.9 Å². The fourth-order valence-corrected chi connectivity index (χ4v) is 4.92. The molecule has 2 aromatic carbocycles. The summed E-state index contributed by atoms with van der Waals surface area (Å²) in [6.45, 7) is 1.14. The topological polar surface area (TPSA) is 38.2 Å². The van der Waals surface area contributed by atoms with Crippen molar-refractivity contribution >= 4 is 11.0 Å². The Balaban J connectivity index is 1.38. The van der Waals surface area contributed by atoms with Crippen molar-refractivity contribution in [3.63, 3.8) is 0 Å². The van der Waals surface area contributed by atoms with Crippen LogP contribution in [-0.2, 0) is 0 Å². The lowest BCUT2D eigenvalue weighted by Gasteiger charge is -2.40. The number of hydrogen-bond donors (Lipinski definition) is 0. The Morgan fingerprint density at radius 2 is 1.81 bits per heavy atom. The first-order chi connectivity index (χ1) is 13.3. The van der Waals surface area contributed by atoms with Crippen LogP contribution >= 0.6 is 0 Å². The van der Waals surface area contributed by atoms with Crippen molar-refractivity contribution in [1.29, 1.82) is 0 Å². The number of aromatic nitrogens is 2. The van der Waals surface area contributed by atoms with Gasteiger partial charge in [0.1, 0.15) is 11.9 Å². The lowest BCUT2D eigenvalue weighted by Crippen LogP contribution is -2.48. The molecule has 2 aliphatic rings. The molecule has 1 aliphatic carbocycles. The van der Waals surface area contributed by atoms with Crippen molar-refractivity contribution in [2.75, 3.05) is 13.6 Å². The molecule has 3 atom stereocenters. The Hall–Kier alpha value is -2.46. The van der Waals surface area contributed by atoms with E-state index in [-0.39, 0.29) is 0 Å². The summed E-state index contributed by atoms with van der Waals surface area (Å²) in [5.74, 6) is 1.65. The minimum absolute atomic E-state index is 0.350. The van der Waals surface area contributed by atoms with Crippen LogP contribution in [0.15, 0.2) is 54.9 Å². The van der Waals surface area contributed by atoms with Crippen LogP contribution in [0.3, 0.4) is 0 Å². The molecule has 1 saturated heterocycles. The number of likely N-dealkylation sites (tertiary alicyclic amines) is 1. The summed E-state index contributed by atoms with van der Waals surface area (Å²) >= 11 is 0. The van der Waals surface area contributed by atoms with Crippen molar-refractivity contribution < 1.29 is 4.74 Å². The van der Waals surface area contributed by atoms with Gasteiger partial charge in [0, 0.05) is 36.5 Å². The van der Waals surface area contributed by atoms with Crippen LogP contribution in [-0.4, -0.2) is 40.6 Å². The molecule has 1 saturated carbocycles. The number of fused-ring (bicyclic) bond motifs is 2. The number of para-hydroxylation sites is 1. The lowest BCUT2D eigenvalue weighted by molar-refractivity contribution is 0.0258. The van der Waals surface area contributed by atoms with Crippen molar-refractivity contribution in [3.8, 4) is 16.9 Å². The Morgan fingerprint density at radius 3 is 2.70 bits per heavy atom. The van der Waals surface area contributed by atoms with Gasteiger partial charge in [-0.3, -0.25) is 9.97 Å². The quantitative estimate of drug-likeness (QED) is 0.688. The van der Waals surface area contributed by atoms with E-state index in [2.05, 4.69) is 52.2 Å². The van der Waals surface area contributed by atoms with Gasteiger partial charge in [-0.1, -0.05) is 30.7 Å². The number of rotatable bonds is 3. The second-order valence-corrected chi connectivity index (χ2v) is 7.84. The maximum absolute atomic E-state index is 6.44. The largest absolute Gasteiger partial charge is 0.490 e. The summed E-state index contributed by atoms with van der Waals surface area (Å²) in [5, 5.41) is 0. The highest BCUT2D eigenvalue weighted by molar-refractivity contribution is 5.91. The average molecular weight is 359 g/mol. The summed E-state index contributed by atoms with van der Waals surface area (Å²) < 4.78 is 6.44. The van der Waals surface area contributed by atoms with E-state index in [1.54, 1.807) is 12.4 Å². The Labute approximate surface area is 160 Å². The van der Waals surface area contributed by atoms with E-state index in [0.29, 0.717) is 18.1 Å². The molecule has 0 amide bonds. The third kappa shape index (κ3) is 3.08. The molecule has 0 radical (unpaired) electrons. The fourth-order valence-electron chi connectivity index (χ4n) is 4.92. The molecule has 5 rings (SSSR count). The molecule has 1 aromatic heterocycles. The molecule has 3 aromatic rings. The predicted molar refractivity (Wildman–Crippen MR) is 108 cm³/mol. The van der Waals surface area contributed by atoms with Crippen LogP contribution < -0.4 is 4.74 Å². The maximum atomic E-state index is 6.44. The third-order valence-corrected chi connectivity index (χ3v) is 6.29. The molecular weight excluding hydrogens is 334 g/mol. The molecule has 2 heterocycles. The van der Waals surface area contributed by atoms with Crippen LogP contribution in [0, 0.1) is 5.92 Å². The zero-order valence-electron chi connectivity index (χ0n) is 15.7. The number of benzene rings is 2. The van der Waals surface area contributed by atoms with Crippen LogP contribution in [0.1, 0.15) is 25.7 Å². The van der Waals surface area contributed by atoms with Gasteiger partial charge in [-0.2, -0.15) is 0 Å². The minimum Gasteiger partial charge on any atom is -0.490 e. The SMILES string of the molecule is CN1CCC(Oc2ccc(-c3cccc4nccnc34)cc2)C2CCCC21. The van der Waals surface area contributed by atoms with E-state index < -0.39 is 0 Å². The standard InChI is InChI=1S/C23H25N3O/c1-26-15-12-22(19-5-3-7-21(19)26)27-17-10-8-16(9-11-17)18-4-2-6-20-23(18)25-14-13-24-20/h2,4,6,8-11,13-14,19,21-22H,3,5,7,12,15H2,1H3. The van der Waals surface area contributed by atoms with Gasteiger partial charge in [-0.15, -0.1) is 0 Å². The third-order valence-electron chi connectivity index (χ3n) is 6.29. The van der Waals surface area contributed by atoms with Gasteiger partial charge in [0.25, 0.3) is 0 Å². The Morgan fingerprint density at radius 1 is 0.963 bits per heavy atom. The summed E-state index contributed by atoms with van der Waals surface area (Å²) in [6, 6.07) is 15.3. The highest BCUT2D eigenvalue weighted by Gasteiger charge is 2.40. The van der Waals surface area contributed by atoms with Gasteiger partial charge in [0.2, 0.25) is 0 Å². The highest BCUT2D eigenvalue weighted by Crippen LogP contribution is 2.38. The van der Waals surface area contributed by atoms with Crippen molar-refractivity contribution in [1.82, 2.24) is 14.9 Å². The lowest BCUT2D eigenvalue weighted by atomic mass is 9.89. The molecule has 4 heteroatoms. The molecule has 27 heavy (non-hydrogen) atoms. The molecule has 4 nitrogen and oxygen atoms in total. The van der Waals surface area contributed by atoms with Gasteiger partial charge < -0.3 is 9.64 Å². The first kappa shape index (κ1) is 16.7. The smallest absolute Gasteiger partial charge is 0.119 e. The molecule has 0 spiro atoms. The zero-order valence-corrected chi connectivity index (χ0v) is 15.7. The Kier molecular flexibility index (Phi) is 4.29. The van der Waals surface area contributed by atoms with Gasteiger partial charge in [-0.25, -0.2) is 0 Å². The van der Waals surface area contributed by atoms with E-state index in [1.807, 2.05) is 12.1 Å². The van der Waals surface area contributed by atoms with Gasteiger partial charge in [-0.05, 0) is 50.1 Å². The second-order valence-electron chi connectivity index (χ2n) is 7.84. The number of nitrogens with zero attached hydrogens (tertiary/aromatic N) is 3. The van der Waals surface area contributed by atoms with Crippen LogP contribution in [0.25, 0.3) is 22.2 Å². The summed E-state index contributed by atoms with van der Waals surface area (Å²) in [6.07, 6.45) is 8.92. The number of hydrogen-bond acceptors (Lipinski definition) is 4. The minimum atomic E-state index is 0.350. The van der Waals surface area contributed by atoms with Gasteiger partial charge >= 0.3 is 0 Å². The first-order valence-electron chi connectivity index (χ1n) is 9.97. The van der Waals surface area contributed by atoms with Crippen LogP contribution in [0.4, 0.5) is 0 Å². The monoisotopic (exact) mass is 359 g/mol. The van der Waals surface area contributed by atoms with Crippen molar-refractivity contribution in [3.05, 3.63) is 54.9 Å². The molecule has 0 bridgehead atoms. The Bertz CT molecular complexity index is 935. The fraction of sp³-hybridized carbons (Fsp3) is 0.391. The first-order valence-corrected chi connectivity index (χ1v) is 9.97. The normalized spacial score (nSPS) is 25.4. The van der Waals surface area contributed by atoms with E-state index >= 15 is 0 Å². The number of ether oxygens (including phenoxy) is 1. The van der Waals surface area contributed by atoms with Crippen LogP contribution in [0.5, 0.6) is 5.75 Å². The molecule has 0 N–H and O–H groups in total. The summed E-state index contributed by atoms with van der Waals surface area (Å²) in [4.78, 5) is 11.5. The van der Waals surface area contributed by atoms with Crippen molar-refractivity contribution in [2.45, 2.75) is 37.8 Å². The highest BCUT2D eigenvalue weighted by atomic mass is 16.5. The van der Waals surface area contributed by atoms with Crippen LogP contribution in [0.2, 0.25) is 0 Å². The zero-order chi connectivity index (χ0) is 18.2. The molecule has 1 aliphatic heterocycles. The summed E-state index contributed by atoms with van der Waals surface area (Å²) in [7, 11) is 2.26. The van der Waals surface area contributed by atoms with E-state index in [4.69, 9.17) is 4.74 Å². The number of piperidine rings is 1. The molecule has 138 valence electrons. The van der Waals surface area contributed by atoms with Crippen molar-refractivity contribution in [2.24, 2.45) is 5.92 Å². The van der Waals surface area contributed by atoms with Gasteiger partial charge in [0.05, 0.1) is 11.0 Å². The summed E-state index contributed by atoms with van der Waals surface area (Å²) in [5.41, 5.74) is 4.13.